The lowest BCUT2D eigenvalue weighted by atomic mass is 10.2. The molecule has 2 heterocycles. The van der Waals surface area contributed by atoms with Crippen LogP contribution >= 0.6 is 23.2 Å². The third-order valence-electron chi connectivity index (χ3n) is 3.54. The number of amides is 1. The number of aromatic nitrogens is 2. The third kappa shape index (κ3) is 3.16. The number of carbonyl (C=O) groups is 1. The van der Waals surface area contributed by atoms with E-state index in [1.54, 1.807) is 0 Å². The minimum absolute atomic E-state index is 0.00608. The summed E-state index contributed by atoms with van der Waals surface area (Å²) in [6.45, 7) is 0.516. The van der Waals surface area contributed by atoms with Crippen LogP contribution in [0, 0.1) is 0 Å². The quantitative estimate of drug-likeness (QED) is 0.771. The lowest BCUT2D eigenvalue weighted by molar-refractivity contribution is -0.141. The third-order valence-corrected chi connectivity index (χ3v) is 4.09. The SMILES string of the molecule is O=C(c1ccc(Cl)cc1Cl)N1CCn2cc(C(F)(F)F)nc2C1. The molecular formula is C14H10Cl2F3N3O. The molecule has 1 amide bonds. The fourth-order valence-corrected chi connectivity index (χ4v) is 2.88. The van der Waals surface area contributed by atoms with Gasteiger partial charge in [0.15, 0.2) is 5.69 Å². The Morgan fingerprint density at radius 1 is 1.22 bits per heavy atom. The smallest absolute Gasteiger partial charge is 0.331 e. The summed E-state index contributed by atoms with van der Waals surface area (Å²) in [6, 6.07) is 4.48. The second kappa shape index (κ2) is 5.72. The van der Waals surface area contributed by atoms with Crippen LogP contribution in [0.4, 0.5) is 13.2 Å². The van der Waals surface area contributed by atoms with Crippen LogP contribution in [0.15, 0.2) is 24.4 Å². The van der Waals surface area contributed by atoms with Gasteiger partial charge in [0, 0.05) is 24.3 Å². The first-order chi connectivity index (χ1) is 10.8. The van der Waals surface area contributed by atoms with E-state index < -0.39 is 11.9 Å². The van der Waals surface area contributed by atoms with Crippen molar-refractivity contribution in [3.05, 3.63) is 51.5 Å². The van der Waals surface area contributed by atoms with Gasteiger partial charge in [-0.05, 0) is 18.2 Å². The molecular weight excluding hydrogens is 354 g/mol. The molecule has 1 aliphatic rings. The van der Waals surface area contributed by atoms with E-state index in [9.17, 15) is 18.0 Å². The first-order valence-electron chi connectivity index (χ1n) is 6.63. The second-order valence-corrected chi connectivity index (χ2v) is 5.93. The second-order valence-electron chi connectivity index (χ2n) is 5.08. The van der Waals surface area contributed by atoms with Crippen LogP contribution in [0.25, 0.3) is 0 Å². The van der Waals surface area contributed by atoms with Gasteiger partial charge >= 0.3 is 6.18 Å². The molecule has 0 aliphatic carbocycles. The van der Waals surface area contributed by atoms with Crippen LogP contribution in [-0.2, 0) is 19.3 Å². The van der Waals surface area contributed by atoms with E-state index in [0.717, 1.165) is 6.20 Å². The van der Waals surface area contributed by atoms with Crippen molar-refractivity contribution >= 4 is 29.1 Å². The predicted octanol–water partition coefficient (Wildman–Crippen LogP) is 3.86. The molecule has 1 aromatic heterocycles. The van der Waals surface area contributed by atoms with Gasteiger partial charge in [0.2, 0.25) is 0 Å². The summed E-state index contributed by atoms with van der Waals surface area (Å²) in [5.41, 5.74) is -0.696. The Bertz CT molecular complexity index is 773. The zero-order valence-electron chi connectivity index (χ0n) is 11.6. The summed E-state index contributed by atoms with van der Waals surface area (Å²) in [6.07, 6.45) is -3.54. The van der Waals surface area contributed by atoms with Gasteiger partial charge in [-0.25, -0.2) is 4.98 Å². The molecule has 1 aromatic carbocycles. The molecule has 1 aliphatic heterocycles. The van der Waals surface area contributed by atoms with E-state index in [2.05, 4.69) is 4.98 Å². The summed E-state index contributed by atoms with van der Waals surface area (Å²) in [4.78, 5) is 17.5. The van der Waals surface area contributed by atoms with Crippen molar-refractivity contribution in [2.24, 2.45) is 0 Å². The topological polar surface area (TPSA) is 38.1 Å². The number of fused-ring (bicyclic) bond motifs is 1. The largest absolute Gasteiger partial charge is 0.434 e. The fourth-order valence-electron chi connectivity index (χ4n) is 2.40. The molecule has 3 rings (SSSR count). The van der Waals surface area contributed by atoms with Crippen LogP contribution < -0.4 is 0 Å². The number of rotatable bonds is 1. The van der Waals surface area contributed by atoms with Crippen LogP contribution in [0.2, 0.25) is 10.0 Å². The molecule has 0 unspecified atom stereocenters. The van der Waals surface area contributed by atoms with E-state index in [1.165, 1.54) is 27.7 Å². The average molecular weight is 364 g/mol. The van der Waals surface area contributed by atoms with Gasteiger partial charge in [-0.15, -0.1) is 0 Å². The number of halogens is 5. The van der Waals surface area contributed by atoms with Crippen LogP contribution in [-0.4, -0.2) is 26.9 Å². The normalized spacial score (nSPS) is 14.7. The number of hydrogen-bond acceptors (Lipinski definition) is 2. The Morgan fingerprint density at radius 3 is 2.61 bits per heavy atom. The first kappa shape index (κ1) is 16.1. The number of alkyl halides is 3. The maximum absolute atomic E-state index is 12.7. The number of nitrogens with zero attached hydrogens (tertiary/aromatic N) is 3. The van der Waals surface area contributed by atoms with E-state index in [-0.39, 0.29) is 42.0 Å². The minimum atomic E-state index is -4.50. The van der Waals surface area contributed by atoms with E-state index >= 15 is 0 Å². The molecule has 0 N–H and O–H groups in total. The highest BCUT2D eigenvalue weighted by molar-refractivity contribution is 6.36. The molecule has 0 saturated heterocycles. The Labute approximate surface area is 139 Å². The molecule has 4 nitrogen and oxygen atoms in total. The van der Waals surface area contributed by atoms with Gasteiger partial charge in [0.05, 0.1) is 17.1 Å². The average Bonchev–Trinajstić information content (AvgIpc) is 2.89. The van der Waals surface area contributed by atoms with Crippen molar-refractivity contribution in [1.29, 1.82) is 0 Å². The molecule has 122 valence electrons. The Kier molecular flexibility index (Phi) is 4.01. The van der Waals surface area contributed by atoms with Crippen molar-refractivity contribution < 1.29 is 18.0 Å². The number of hydrogen-bond donors (Lipinski definition) is 0. The van der Waals surface area contributed by atoms with Crippen molar-refractivity contribution in [2.45, 2.75) is 19.3 Å². The van der Waals surface area contributed by atoms with Crippen molar-refractivity contribution in [3.63, 3.8) is 0 Å². The summed E-state index contributed by atoms with van der Waals surface area (Å²) in [5, 5.41) is 0.600. The fraction of sp³-hybridized carbons (Fsp3) is 0.286. The zero-order valence-corrected chi connectivity index (χ0v) is 13.1. The summed E-state index contributed by atoms with van der Waals surface area (Å²) in [7, 11) is 0. The molecule has 0 spiro atoms. The number of benzene rings is 1. The van der Waals surface area contributed by atoms with Gasteiger partial charge in [-0.1, -0.05) is 23.2 Å². The molecule has 0 fully saturated rings. The van der Waals surface area contributed by atoms with Crippen LogP contribution in [0.1, 0.15) is 21.9 Å². The van der Waals surface area contributed by atoms with Gasteiger partial charge in [-0.3, -0.25) is 4.79 Å². The van der Waals surface area contributed by atoms with E-state index in [0.29, 0.717) is 5.02 Å². The zero-order chi connectivity index (χ0) is 16.8. The molecule has 0 radical (unpaired) electrons. The summed E-state index contributed by atoms with van der Waals surface area (Å²) < 4.78 is 39.5. The summed E-state index contributed by atoms with van der Waals surface area (Å²) in [5.74, 6) is -0.170. The lowest BCUT2D eigenvalue weighted by Crippen LogP contribution is -2.38. The van der Waals surface area contributed by atoms with Crippen molar-refractivity contribution in [1.82, 2.24) is 14.5 Å². The maximum atomic E-state index is 12.7. The minimum Gasteiger partial charge on any atom is -0.331 e. The van der Waals surface area contributed by atoms with Crippen LogP contribution in [0.5, 0.6) is 0 Å². The number of carbonyl (C=O) groups excluding carboxylic acids is 1. The maximum Gasteiger partial charge on any atom is 0.434 e. The molecule has 23 heavy (non-hydrogen) atoms. The highest BCUT2D eigenvalue weighted by Gasteiger charge is 2.36. The van der Waals surface area contributed by atoms with Crippen molar-refractivity contribution in [2.75, 3.05) is 6.54 Å². The summed E-state index contributed by atoms with van der Waals surface area (Å²) >= 11 is 11.8. The van der Waals surface area contributed by atoms with Gasteiger partial charge < -0.3 is 9.47 Å². The van der Waals surface area contributed by atoms with Gasteiger partial charge in [-0.2, -0.15) is 13.2 Å². The molecule has 0 atom stereocenters. The highest BCUT2D eigenvalue weighted by Crippen LogP contribution is 2.30. The van der Waals surface area contributed by atoms with Gasteiger partial charge in [0.1, 0.15) is 5.82 Å². The Balaban J connectivity index is 1.84. The number of imidazole rings is 1. The monoisotopic (exact) mass is 363 g/mol. The lowest BCUT2D eigenvalue weighted by Gasteiger charge is -2.28. The molecule has 2 aromatic rings. The van der Waals surface area contributed by atoms with Crippen LogP contribution in [0.3, 0.4) is 0 Å². The first-order valence-corrected chi connectivity index (χ1v) is 7.39. The van der Waals surface area contributed by atoms with Gasteiger partial charge in [0.25, 0.3) is 5.91 Å². The Hall–Kier alpha value is -1.73. The predicted molar refractivity (Wildman–Crippen MR) is 78.4 cm³/mol. The van der Waals surface area contributed by atoms with E-state index in [1.807, 2.05) is 0 Å². The van der Waals surface area contributed by atoms with Crippen molar-refractivity contribution in [3.8, 4) is 0 Å². The van der Waals surface area contributed by atoms with E-state index in [4.69, 9.17) is 23.2 Å². The molecule has 9 heteroatoms. The molecule has 0 saturated carbocycles. The standard InChI is InChI=1S/C14H10Cl2F3N3O/c15-8-1-2-9(10(16)5-8)13(23)22-4-3-21-6-11(14(17,18)19)20-12(21)7-22/h1-2,5-6H,3-4,7H2. The highest BCUT2D eigenvalue weighted by atomic mass is 35.5. The molecule has 0 bridgehead atoms. The Morgan fingerprint density at radius 2 is 1.96 bits per heavy atom.